The van der Waals surface area contributed by atoms with Crippen molar-refractivity contribution in [3.63, 3.8) is 0 Å². The molecule has 0 saturated carbocycles. The fourth-order valence-electron chi connectivity index (χ4n) is 2.20. The number of methoxy groups -OCH3 is 1. The molecule has 1 aliphatic rings. The van der Waals surface area contributed by atoms with Crippen LogP contribution in [0.1, 0.15) is 30.6 Å². The maximum Gasteiger partial charge on any atom is 0.262 e. The second-order valence-corrected chi connectivity index (χ2v) is 5.61. The molecule has 0 aromatic carbocycles. The molecule has 1 atom stereocenters. The van der Waals surface area contributed by atoms with E-state index in [0.717, 1.165) is 6.42 Å². The number of anilines is 1. The molecule has 2 heterocycles. The van der Waals surface area contributed by atoms with Crippen LogP contribution in [0.2, 0.25) is 0 Å². The highest BCUT2D eigenvalue weighted by molar-refractivity contribution is 5.99. The summed E-state index contributed by atoms with van der Waals surface area (Å²) < 4.78 is 10.5. The molecular weight excluding hydrogens is 286 g/mol. The van der Waals surface area contributed by atoms with Gasteiger partial charge in [0.25, 0.3) is 11.8 Å². The Hall–Kier alpha value is -2.15. The van der Waals surface area contributed by atoms with Gasteiger partial charge in [0.05, 0.1) is 11.7 Å². The first kappa shape index (κ1) is 16.2. The normalized spacial score (nSPS) is 14.8. The second-order valence-electron chi connectivity index (χ2n) is 5.61. The van der Waals surface area contributed by atoms with Crippen LogP contribution < -0.4 is 15.4 Å². The van der Waals surface area contributed by atoms with Crippen molar-refractivity contribution >= 4 is 17.5 Å². The van der Waals surface area contributed by atoms with Gasteiger partial charge in [-0.2, -0.15) is 0 Å². The van der Waals surface area contributed by atoms with Crippen molar-refractivity contribution in [2.45, 2.75) is 26.4 Å². The standard InChI is InChI=1S/C15H21N3O4/c1-9(2)4-11(21-3)7-16-14(20)10-5-12-15(17-6-10)22-8-13(19)18-12/h5-6,9,11H,4,7-8H2,1-3H3,(H,16,20)(H,18,19). The number of fused-ring (bicyclic) bond motifs is 1. The molecule has 0 fully saturated rings. The monoisotopic (exact) mass is 307 g/mol. The van der Waals surface area contributed by atoms with E-state index < -0.39 is 0 Å². The van der Waals surface area contributed by atoms with E-state index in [2.05, 4.69) is 29.5 Å². The predicted octanol–water partition coefficient (Wildman–Crippen LogP) is 1.20. The van der Waals surface area contributed by atoms with Gasteiger partial charge < -0.3 is 20.1 Å². The van der Waals surface area contributed by atoms with Crippen LogP contribution in [0.4, 0.5) is 5.69 Å². The highest BCUT2D eigenvalue weighted by atomic mass is 16.5. The lowest BCUT2D eigenvalue weighted by molar-refractivity contribution is -0.118. The third kappa shape index (κ3) is 4.17. The van der Waals surface area contributed by atoms with Crippen molar-refractivity contribution in [3.8, 4) is 5.88 Å². The van der Waals surface area contributed by atoms with Crippen LogP contribution in [-0.2, 0) is 9.53 Å². The maximum absolute atomic E-state index is 12.2. The van der Waals surface area contributed by atoms with Crippen LogP contribution in [0, 0.1) is 5.92 Å². The van der Waals surface area contributed by atoms with Crippen molar-refractivity contribution in [3.05, 3.63) is 17.8 Å². The van der Waals surface area contributed by atoms with Gasteiger partial charge in [0.15, 0.2) is 6.61 Å². The van der Waals surface area contributed by atoms with Crippen molar-refractivity contribution in [2.75, 3.05) is 25.6 Å². The Morgan fingerprint density at radius 2 is 2.32 bits per heavy atom. The van der Waals surface area contributed by atoms with Gasteiger partial charge >= 0.3 is 0 Å². The summed E-state index contributed by atoms with van der Waals surface area (Å²) in [6.07, 6.45) is 2.26. The lowest BCUT2D eigenvalue weighted by Crippen LogP contribution is -2.34. The summed E-state index contributed by atoms with van der Waals surface area (Å²) >= 11 is 0. The molecule has 7 nitrogen and oxygen atoms in total. The van der Waals surface area contributed by atoms with E-state index in [0.29, 0.717) is 29.6 Å². The molecule has 2 rings (SSSR count). The molecule has 1 unspecified atom stereocenters. The zero-order valence-corrected chi connectivity index (χ0v) is 13.0. The third-order valence-corrected chi connectivity index (χ3v) is 3.29. The van der Waals surface area contributed by atoms with Gasteiger partial charge in [-0.3, -0.25) is 9.59 Å². The molecule has 0 aliphatic carbocycles. The van der Waals surface area contributed by atoms with Crippen molar-refractivity contribution in [1.82, 2.24) is 10.3 Å². The van der Waals surface area contributed by atoms with E-state index in [1.165, 1.54) is 6.20 Å². The second kappa shape index (κ2) is 7.22. The van der Waals surface area contributed by atoms with Gasteiger partial charge in [-0.1, -0.05) is 13.8 Å². The van der Waals surface area contributed by atoms with Crippen LogP contribution in [0.5, 0.6) is 5.88 Å². The zero-order valence-electron chi connectivity index (χ0n) is 13.0. The molecular formula is C15H21N3O4. The van der Waals surface area contributed by atoms with Gasteiger partial charge in [-0.15, -0.1) is 0 Å². The number of rotatable bonds is 6. The van der Waals surface area contributed by atoms with Crippen LogP contribution in [0.3, 0.4) is 0 Å². The molecule has 2 N–H and O–H groups in total. The first-order valence-corrected chi connectivity index (χ1v) is 7.23. The highest BCUT2D eigenvalue weighted by Gasteiger charge is 2.19. The Balaban J connectivity index is 1.98. The van der Waals surface area contributed by atoms with E-state index in [1.54, 1.807) is 13.2 Å². The molecule has 1 aromatic rings. The minimum atomic E-state index is -0.263. The molecule has 0 radical (unpaired) electrons. The largest absolute Gasteiger partial charge is 0.466 e. The lowest BCUT2D eigenvalue weighted by atomic mass is 10.1. The summed E-state index contributed by atoms with van der Waals surface area (Å²) in [5.41, 5.74) is 0.776. The number of ether oxygens (including phenoxy) is 2. The summed E-state index contributed by atoms with van der Waals surface area (Å²) in [7, 11) is 1.63. The Kier molecular flexibility index (Phi) is 5.32. The minimum absolute atomic E-state index is 0.0300. The number of hydrogen-bond acceptors (Lipinski definition) is 5. The first-order chi connectivity index (χ1) is 10.5. The van der Waals surface area contributed by atoms with Gasteiger partial charge in [-0.05, 0) is 18.4 Å². The predicted molar refractivity (Wildman–Crippen MR) is 80.9 cm³/mol. The molecule has 1 aliphatic heterocycles. The summed E-state index contributed by atoms with van der Waals surface area (Å²) in [6, 6.07) is 1.55. The maximum atomic E-state index is 12.2. The molecule has 1 aromatic heterocycles. The Morgan fingerprint density at radius 3 is 3.00 bits per heavy atom. The van der Waals surface area contributed by atoms with Crippen LogP contribution in [-0.4, -0.2) is 43.2 Å². The van der Waals surface area contributed by atoms with Crippen molar-refractivity contribution in [2.24, 2.45) is 5.92 Å². The van der Waals surface area contributed by atoms with E-state index in [1.807, 2.05) is 0 Å². The highest BCUT2D eigenvalue weighted by Crippen LogP contribution is 2.25. The molecule has 0 spiro atoms. The third-order valence-electron chi connectivity index (χ3n) is 3.29. The Morgan fingerprint density at radius 1 is 1.55 bits per heavy atom. The van der Waals surface area contributed by atoms with E-state index in [4.69, 9.17) is 9.47 Å². The van der Waals surface area contributed by atoms with E-state index in [-0.39, 0.29) is 24.5 Å². The average molecular weight is 307 g/mol. The summed E-state index contributed by atoms with van der Waals surface area (Å²) in [5.74, 6) is 0.287. The number of nitrogens with one attached hydrogen (secondary N) is 2. The summed E-state index contributed by atoms with van der Waals surface area (Å²) in [6.45, 7) is 4.57. The fraction of sp³-hybridized carbons (Fsp3) is 0.533. The number of carbonyl (C=O) groups is 2. The van der Waals surface area contributed by atoms with Crippen LogP contribution in [0.25, 0.3) is 0 Å². The van der Waals surface area contributed by atoms with Gasteiger partial charge in [-0.25, -0.2) is 4.98 Å². The Bertz CT molecular complexity index is 560. The van der Waals surface area contributed by atoms with E-state index in [9.17, 15) is 9.59 Å². The smallest absolute Gasteiger partial charge is 0.262 e. The molecule has 2 amide bonds. The topological polar surface area (TPSA) is 89.5 Å². The number of amides is 2. The minimum Gasteiger partial charge on any atom is -0.466 e. The zero-order chi connectivity index (χ0) is 16.1. The average Bonchev–Trinajstić information content (AvgIpc) is 2.49. The van der Waals surface area contributed by atoms with Crippen molar-refractivity contribution < 1.29 is 19.1 Å². The fourth-order valence-corrected chi connectivity index (χ4v) is 2.20. The van der Waals surface area contributed by atoms with Gasteiger partial charge in [0.1, 0.15) is 5.69 Å². The number of hydrogen-bond donors (Lipinski definition) is 2. The van der Waals surface area contributed by atoms with Crippen LogP contribution in [0.15, 0.2) is 12.3 Å². The lowest BCUT2D eigenvalue weighted by Gasteiger charge is -2.19. The number of aromatic nitrogens is 1. The number of carbonyl (C=O) groups excluding carboxylic acids is 2. The van der Waals surface area contributed by atoms with Gasteiger partial charge in [0.2, 0.25) is 5.88 Å². The Labute approximate surface area is 129 Å². The SMILES string of the molecule is COC(CNC(=O)c1cnc2c(c1)NC(=O)CO2)CC(C)C. The first-order valence-electron chi connectivity index (χ1n) is 7.23. The molecule has 0 bridgehead atoms. The van der Waals surface area contributed by atoms with Crippen molar-refractivity contribution in [1.29, 1.82) is 0 Å². The van der Waals surface area contributed by atoms with E-state index >= 15 is 0 Å². The molecule has 7 heteroatoms. The van der Waals surface area contributed by atoms with Gasteiger partial charge in [0, 0.05) is 19.9 Å². The molecule has 22 heavy (non-hydrogen) atoms. The molecule has 0 saturated heterocycles. The van der Waals surface area contributed by atoms with Crippen LogP contribution >= 0.6 is 0 Å². The summed E-state index contributed by atoms with van der Waals surface area (Å²) in [5, 5.41) is 5.44. The number of pyridine rings is 1. The summed E-state index contributed by atoms with van der Waals surface area (Å²) in [4.78, 5) is 27.5. The quantitative estimate of drug-likeness (QED) is 0.824. The number of nitrogens with zero attached hydrogens (tertiary/aromatic N) is 1. The molecule has 120 valence electrons.